The quantitative estimate of drug-likeness (QED) is 0.0197. The zero-order valence-electron chi connectivity index (χ0n) is 49.2. The number of aliphatic hydroxyl groups is 1. The Labute approximate surface area is 466 Å². The lowest BCUT2D eigenvalue weighted by Gasteiger charge is -2.21. The summed E-state index contributed by atoms with van der Waals surface area (Å²) in [6.45, 7) is 4.56. The molecule has 3 atom stereocenters. The van der Waals surface area contributed by atoms with Crippen LogP contribution in [-0.2, 0) is 42.2 Å². The van der Waals surface area contributed by atoms with E-state index in [1.807, 2.05) is 0 Å². The van der Waals surface area contributed by atoms with E-state index in [0.717, 1.165) is 109 Å². The van der Waals surface area contributed by atoms with Crippen LogP contribution in [0.4, 0.5) is 0 Å². The minimum Gasteiger partial charge on any atom is -0.462 e. The van der Waals surface area contributed by atoms with Gasteiger partial charge in [0.2, 0.25) is 0 Å². The first-order valence-corrected chi connectivity index (χ1v) is 33.0. The summed E-state index contributed by atoms with van der Waals surface area (Å²) in [7, 11) is -4.75. The maximum Gasteiger partial charge on any atom is 0.472 e. The standard InChI is InChI=1S/C64H117O11P/c1-4-7-10-13-16-19-22-25-28-29-30-31-34-37-40-43-46-49-52-55-64(68)75-61(57-71-62(66)53-50-47-44-41-38-35-32-26-23-20-17-14-11-8-5-2)59-73-76(69,70)72-58-60(56-65)74-63(67)54-51-48-45-42-39-36-33-27-24-21-18-15-12-9-6-3/h8,11,17,20,26-27,32-33,60-61,65H,4-7,9-10,12-16,18-19,21-25,28-31,34-59H2,1-3H3,(H,69,70)/b11-8-,20-17-,32-26-,33-27-. The predicted molar refractivity (Wildman–Crippen MR) is 316 cm³/mol. The van der Waals surface area contributed by atoms with Crippen LogP contribution in [0.3, 0.4) is 0 Å². The Morgan fingerprint density at radius 3 is 1.07 bits per heavy atom. The topological polar surface area (TPSA) is 155 Å². The first-order valence-electron chi connectivity index (χ1n) is 31.5. The zero-order chi connectivity index (χ0) is 55.5. The Bertz CT molecular complexity index is 1460. The fourth-order valence-corrected chi connectivity index (χ4v) is 9.74. The molecule has 0 bridgehead atoms. The van der Waals surface area contributed by atoms with Gasteiger partial charge in [0.05, 0.1) is 19.8 Å². The van der Waals surface area contributed by atoms with Gasteiger partial charge in [-0.25, -0.2) is 4.57 Å². The Kier molecular flexibility index (Phi) is 56.6. The molecule has 76 heavy (non-hydrogen) atoms. The van der Waals surface area contributed by atoms with Crippen molar-refractivity contribution >= 4 is 25.7 Å². The molecule has 2 N–H and O–H groups in total. The lowest BCUT2D eigenvalue weighted by molar-refractivity contribution is -0.161. The summed E-state index contributed by atoms with van der Waals surface area (Å²) in [4.78, 5) is 48.7. The summed E-state index contributed by atoms with van der Waals surface area (Å²) >= 11 is 0. The highest BCUT2D eigenvalue weighted by atomic mass is 31.2. The van der Waals surface area contributed by atoms with E-state index in [1.54, 1.807) is 0 Å². The van der Waals surface area contributed by atoms with E-state index < -0.39 is 57.8 Å². The van der Waals surface area contributed by atoms with Crippen LogP contribution in [0.2, 0.25) is 0 Å². The van der Waals surface area contributed by atoms with Crippen molar-refractivity contribution in [2.75, 3.05) is 26.4 Å². The van der Waals surface area contributed by atoms with Gasteiger partial charge in [-0.2, -0.15) is 0 Å². The van der Waals surface area contributed by atoms with Crippen molar-refractivity contribution in [2.24, 2.45) is 0 Å². The highest BCUT2D eigenvalue weighted by Crippen LogP contribution is 2.43. The smallest absolute Gasteiger partial charge is 0.462 e. The van der Waals surface area contributed by atoms with E-state index in [4.69, 9.17) is 23.3 Å². The molecule has 0 heterocycles. The van der Waals surface area contributed by atoms with Gasteiger partial charge < -0.3 is 24.2 Å². The molecule has 0 amide bonds. The molecule has 0 saturated heterocycles. The van der Waals surface area contributed by atoms with Gasteiger partial charge in [0.1, 0.15) is 12.7 Å². The monoisotopic (exact) mass is 1090 g/mol. The summed E-state index contributed by atoms with van der Waals surface area (Å²) in [6.07, 6.45) is 63.5. The van der Waals surface area contributed by atoms with Gasteiger partial charge in [-0.3, -0.25) is 23.4 Å². The molecular formula is C64H117O11P. The molecule has 12 heteroatoms. The fraction of sp³-hybridized carbons (Fsp3) is 0.828. The third-order valence-electron chi connectivity index (χ3n) is 13.7. The number of carbonyl (C=O) groups excluding carboxylic acids is 3. The molecule has 444 valence electrons. The molecule has 0 radical (unpaired) electrons. The van der Waals surface area contributed by atoms with Gasteiger partial charge in [-0.15, -0.1) is 0 Å². The molecule has 0 aliphatic rings. The van der Waals surface area contributed by atoms with Crippen LogP contribution in [0.15, 0.2) is 48.6 Å². The molecule has 0 spiro atoms. The largest absolute Gasteiger partial charge is 0.472 e. The first kappa shape index (κ1) is 73.4. The highest BCUT2D eigenvalue weighted by Gasteiger charge is 2.28. The minimum atomic E-state index is -4.75. The number of unbranched alkanes of at least 4 members (excludes halogenated alkanes) is 34. The van der Waals surface area contributed by atoms with E-state index in [2.05, 4.69) is 69.4 Å². The number of phosphoric ester groups is 1. The molecule has 0 aromatic carbocycles. The van der Waals surface area contributed by atoms with Crippen molar-refractivity contribution < 1.29 is 52.2 Å². The Morgan fingerprint density at radius 2 is 0.684 bits per heavy atom. The maximum atomic E-state index is 12.9. The summed E-state index contributed by atoms with van der Waals surface area (Å²) < 4.78 is 39.6. The SMILES string of the molecule is CC/C=C\C/C=C\C/C=C\CCCCCCCC(=O)OCC(COP(=O)(O)OCC(CO)OC(=O)CCCCCCC/C=C\CCCCCCCC)OC(=O)CCCCCCCCCCCCCCCCCCCCC. The Hall–Kier alpha value is -2.56. The fourth-order valence-electron chi connectivity index (χ4n) is 8.96. The second-order valence-corrected chi connectivity index (χ2v) is 22.7. The summed E-state index contributed by atoms with van der Waals surface area (Å²) in [5, 5.41) is 9.84. The second-order valence-electron chi connectivity index (χ2n) is 21.2. The number of aliphatic hydroxyl groups excluding tert-OH is 1. The van der Waals surface area contributed by atoms with Crippen LogP contribution in [0.25, 0.3) is 0 Å². The lowest BCUT2D eigenvalue weighted by Crippen LogP contribution is -2.30. The van der Waals surface area contributed by atoms with Gasteiger partial charge in [0.15, 0.2) is 6.10 Å². The van der Waals surface area contributed by atoms with Crippen LogP contribution in [0.1, 0.15) is 303 Å². The van der Waals surface area contributed by atoms with Gasteiger partial charge in [0, 0.05) is 19.3 Å². The molecule has 11 nitrogen and oxygen atoms in total. The van der Waals surface area contributed by atoms with E-state index in [0.29, 0.717) is 19.3 Å². The predicted octanol–water partition coefficient (Wildman–Crippen LogP) is 18.9. The van der Waals surface area contributed by atoms with Crippen molar-refractivity contribution in [3.05, 3.63) is 48.6 Å². The van der Waals surface area contributed by atoms with Crippen LogP contribution < -0.4 is 0 Å². The summed E-state index contributed by atoms with van der Waals surface area (Å²) in [6, 6.07) is 0. The van der Waals surface area contributed by atoms with Gasteiger partial charge in [-0.1, -0.05) is 256 Å². The number of allylic oxidation sites excluding steroid dienone is 8. The van der Waals surface area contributed by atoms with E-state index in [1.165, 1.54) is 135 Å². The molecule has 0 aliphatic carbocycles. The van der Waals surface area contributed by atoms with Crippen molar-refractivity contribution in [3.63, 3.8) is 0 Å². The summed E-state index contributed by atoms with van der Waals surface area (Å²) in [5.41, 5.74) is 0. The Morgan fingerprint density at radius 1 is 0.382 bits per heavy atom. The number of carbonyl (C=O) groups is 3. The van der Waals surface area contributed by atoms with Crippen molar-refractivity contribution in [1.29, 1.82) is 0 Å². The average molecular weight is 1090 g/mol. The second kappa shape index (κ2) is 58.6. The van der Waals surface area contributed by atoms with Crippen molar-refractivity contribution in [1.82, 2.24) is 0 Å². The normalized spacial score (nSPS) is 13.6. The molecule has 0 aromatic rings. The lowest BCUT2D eigenvalue weighted by atomic mass is 10.0. The van der Waals surface area contributed by atoms with Crippen molar-refractivity contribution in [3.8, 4) is 0 Å². The molecule has 0 saturated carbocycles. The van der Waals surface area contributed by atoms with E-state index >= 15 is 0 Å². The van der Waals surface area contributed by atoms with Crippen LogP contribution in [0, 0.1) is 0 Å². The third-order valence-corrected chi connectivity index (χ3v) is 14.7. The molecule has 3 unspecified atom stereocenters. The van der Waals surface area contributed by atoms with Crippen molar-refractivity contribution in [2.45, 2.75) is 315 Å². The Balaban J connectivity index is 4.69. The molecule has 0 aromatic heterocycles. The molecular weight excluding hydrogens is 976 g/mol. The number of hydrogen-bond acceptors (Lipinski definition) is 10. The maximum absolute atomic E-state index is 12.9. The average Bonchev–Trinajstić information content (AvgIpc) is 3.41. The molecule has 0 aliphatic heterocycles. The van der Waals surface area contributed by atoms with Gasteiger partial charge >= 0.3 is 25.7 Å². The molecule has 0 fully saturated rings. The molecule has 0 rings (SSSR count). The number of rotatable bonds is 59. The minimum absolute atomic E-state index is 0.168. The van der Waals surface area contributed by atoms with Gasteiger partial charge in [0.25, 0.3) is 0 Å². The first-order chi connectivity index (χ1) is 37.2. The van der Waals surface area contributed by atoms with Crippen LogP contribution in [0.5, 0.6) is 0 Å². The van der Waals surface area contributed by atoms with Gasteiger partial charge in [-0.05, 0) is 77.0 Å². The number of esters is 3. The van der Waals surface area contributed by atoms with E-state index in [-0.39, 0.29) is 25.9 Å². The zero-order valence-corrected chi connectivity index (χ0v) is 50.1. The highest BCUT2D eigenvalue weighted by molar-refractivity contribution is 7.47. The number of hydrogen-bond donors (Lipinski definition) is 2. The van der Waals surface area contributed by atoms with Crippen LogP contribution >= 0.6 is 7.82 Å². The third kappa shape index (κ3) is 56.2. The van der Waals surface area contributed by atoms with Crippen LogP contribution in [-0.4, -0.2) is 66.5 Å². The number of ether oxygens (including phenoxy) is 3. The number of phosphoric acid groups is 1. The summed E-state index contributed by atoms with van der Waals surface area (Å²) in [5.74, 6) is -1.47. The van der Waals surface area contributed by atoms with E-state index in [9.17, 15) is 28.9 Å².